The molecule has 3 nitrogen and oxygen atoms in total. The maximum absolute atomic E-state index is 12.9. The van der Waals surface area contributed by atoms with Crippen LogP contribution < -0.4 is 5.32 Å². The van der Waals surface area contributed by atoms with Gasteiger partial charge in [-0.15, -0.1) is 0 Å². The lowest BCUT2D eigenvalue weighted by Gasteiger charge is -2.42. The van der Waals surface area contributed by atoms with Crippen LogP contribution in [0.3, 0.4) is 0 Å². The minimum Gasteiger partial charge on any atom is -0.428 e. The second kappa shape index (κ2) is 7.13. The Labute approximate surface area is 142 Å². The monoisotopic (exact) mass is 324 g/mol. The van der Waals surface area contributed by atoms with E-state index in [1.807, 2.05) is 0 Å². The van der Waals surface area contributed by atoms with Crippen LogP contribution in [-0.4, -0.2) is 28.9 Å². The van der Waals surface area contributed by atoms with Crippen molar-refractivity contribution in [1.82, 2.24) is 5.32 Å². The molecule has 0 spiro atoms. The molecule has 0 aromatic rings. The molecule has 2 rings (SSSR count). The molecule has 1 aliphatic heterocycles. The van der Waals surface area contributed by atoms with E-state index in [1.165, 1.54) is 19.3 Å². The Morgan fingerprint density at radius 3 is 1.78 bits per heavy atom. The van der Waals surface area contributed by atoms with Crippen LogP contribution in [0.2, 0.25) is 0 Å². The van der Waals surface area contributed by atoms with E-state index in [0.717, 1.165) is 25.7 Å². The van der Waals surface area contributed by atoms with Crippen molar-refractivity contribution in [3.8, 4) is 0 Å². The fourth-order valence-electron chi connectivity index (χ4n) is 3.91. The summed E-state index contributed by atoms with van der Waals surface area (Å²) in [5.74, 6) is 0.415. The van der Waals surface area contributed by atoms with E-state index >= 15 is 0 Å². The number of amides is 1. The molecule has 1 aliphatic carbocycles. The third kappa shape index (κ3) is 5.20. The number of hydrogen-bond acceptors (Lipinski definition) is 1. The molecule has 23 heavy (non-hydrogen) atoms. The van der Waals surface area contributed by atoms with Gasteiger partial charge < -0.3 is 10.1 Å². The van der Waals surface area contributed by atoms with Gasteiger partial charge in [0.1, 0.15) is 0 Å². The van der Waals surface area contributed by atoms with Crippen LogP contribution in [0.15, 0.2) is 0 Å². The average Bonchev–Trinajstić information content (AvgIpc) is 2.46. The summed E-state index contributed by atoms with van der Waals surface area (Å²) < 4.78 is 5.12. The van der Waals surface area contributed by atoms with Gasteiger partial charge in [-0.1, -0.05) is 60.8 Å². The first-order valence-corrected chi connectivity index (χ1v) is 9.57. The zero-order chi connectivity index (χ0) is 17.3. The van der Waals surface area contributed by atoms with Gasteiger partial charge in [0.25, 0.3) is 0 Å². The van der Waals surface area contributed by atoms with E-state index in [0.29, 0.717) is 6.04 Å². The molecule has 2 atom stereocenters. The van der Waals surface area contributed by atoms with E-state index in [1.54, 1.807) is 0 Å². The predicted molar refractivity (Wildman–Crippen MR) is 96.4 cm³/mol. The zero-order valence-corrected chi connectivity index (χ0v) is 16.1. The van der Waals surface area contributed by atoms with Gasteiger partial charge in [-0.05, 0) is 12.8 Å². The van der Waals surface area contributed by atoms with Crippen LogP contribution in [0.4, 0.5) is 0 Å². The average molecular weight is 325 g/mol. The summed E-state index contributed by atoms with van der Waals surface area (Å²) in [5, 5.41) is 3.35. The van der Waals surface area contributed by atoms with E-state index in [2.05, 4.69) is 46.9 Å². The van der Waals surface area contributed by atoms with Crippen molar-refractivity contribution >= 4 is 5.91 Å². The van der Waals surface area contributed by atoms with Gasteiger partial charge in [-0.3, -0.25) is 4.79 Å². The summed E-state index contributed by atoms with van der Waals surface area (Å²) in [5.41, 5.74) is 0.264. The number of nitrogens with one attached hydrogen (secondary N) is 1. The maximum Gasteiger partial charge on any atom is 0.223 e. The highest BCUT2D eigenvalue weighted by Crippen LogP contribution is 2.39. The van der Waals surface area contributed by atoms with Crippen molar-refractivity contribution in [1.29, 1.82) is 0 Å². The predicted octanol–water partition coefficient (Wildman–Crippen LogP) is 4.20. The molecule has 1 amide bonds. The summed E-state index contributed by atoms with van der Waals surface area (Å²) in [4.78, 5) is 12.9. The van der Waals surface area contributed by atoms with E-state index in [9.17, 15) is 4.79 Å². The first-order chi connectivity index (χ1) is 10.6. The van der Waals surface area contributed by atoms with Crippen molar-refractivity contribution in [2.75, 3.05) is 0 Å². The largest absolute Gasteiger partial charge is 0.428 e. The zero-order valence-electron chi connectivity index (χ0n) is 16.1. The number of ether oxygens (including phenoxy) is 1. The molecular formula is C20H38NO2+. The summed E-state index contributed by atoms with van der Waals surface area (Å²) in [6.07, 6.45) is 8.56. The molecule has 0 bridgehead atoms. The Morgan fingerprint density at radius 1 is 0.870 bits per heavy atom. The number of aliphatic hydroxyl groups is 2. The molecule has 134 valence electrons. The third-order valence-electron chi connectivity index (χ3n) is 5.70. The maximum atomic E-state index is 12.9. The Balaban J connectivity index is 2.04. The standard InChI is InChI=1S/C20H37NO2/c1-19(2,3)16-12-14(13-17(23-16)20(4,5)6)18(22)21-15-10-8-7-9-11-15/h14-17H,7-13H2,1-6H3,(H,21,22)/p+1. The molecule has 0 aromatic heterocycles. The fraction of sp³-hybridized carbons (Fsp3) is 0.950. The summed E-state index contributed by atoms with van der Waals surface area (Å²) in [6.45, 7) is 13.5. The highest BCUT2D eigenvalue weighted by molar-refractivity contribution is 5.79. The van der Waals surface area contributed by atoms with Crippen LogP contribution in [0, 0.1) is 16.7 Å². The van der Waals surface area contributed by atoms with Crippen LogP contribution in [0.1, 0.15) is 86.5 Å². The third-order valence-corrected chi connectivity index (χ3v) is 5.70. The van der Waals surface area contributed by atoms with Crippen molar-refractivity contribution < 1.29 is 9.53 Å². The highest BCUT2D eigenvalue weighted by Gasteiger charge is 2.46. The molecule has 2 unspecified atom stereocenters. The normalized spacial score (nSPS) is 31.0. The van der Waals surface area contributed by atoms with Crippen molar-refractivity contribution in [3.63, 3.8) is 0 Å². The number of carbonyl (C=O) groups excluding carboxylic acids is 1. The Bertz CT molecular complexity index is 377. The van der Waals surface area contributed by atoms with Crippen molar-refractivity contribution in [3.05, 3.63) is 0 Å². The number of carbonyl (C=O) groups is 1. The Hall–Kier alpha value is -0.570. The van der Waals surface area contributed by atoms with E-state index in [-0.39, 0.29) is 34.9 Å². The minimum atomic E-state index is 0.128. The Morgan fingerprint density at radius 2 is 1.35 bits per heavy atom. The van der Waals surface area contributed by atoms with Gasteiger partial charge in [-0.2, -0.15) is 0 Å². The lowest BCUT2D eigenvalue weighted by molar-refractivity contribution is -0.259. The van der Waals surface area contributed by atoms with Gasteiger partial charge in [0.15, 0.2) is 12.2 Å². The van der Waals surface area contributed by atoms with Crippen LogP contribution in [0.25, 0.3) is 0 Å². The van der Waals surface area contributed by atoms with E-state index in [4.69, 9.17) is 4.74 Å². The SMILES string of the molecule is CC(C)(C)C1CC(C(=O)NC2CCCCC2)CC(C(C)(C)C)[OH+]1. The van der Waals surface area contributed by atoms with Gasteiger partial charge in [0, 0.05) is 29.7 Å². The topological polar surface area (TPSA) is 41.9 Å². The fourth-order valence-corrected chi connectivity index (χ4v) is 3.91. The highest BCUT2D eigenvalue weighted by atomic mass is 16.5. The molecule has 1 saturated heterocycles. The molecular weight excluding hydrogens is 286 g/mol. The van der Waals surface area contributed by atoms with Gasteiger partial charge in [0.2, 0.25) is 5.91 Å². The van der Waals surface area contributed by atoms with Gasteiger partial charge in [-0.25, -0.2) is 0 Å². The lowest BCUT2D eigenvalue weighted by Crippen LogP contribution is -2.52. The first kappa shape index (κ1) is 18.8. The molecule has 2 N–H and O–H groups in total. The van der Waals surface area contributed by atoms with E-state index < -0.39 is 0 Å². The summed E-state index contributed by atoms with van der Waals surface area (Å²) in [6, 6.07) is 0.413. The molecule has 2 aliphatic rings. The van der Waals surface area contributed by atoms with Gasteiger partial charge in [0.05, 0.1) is 5.92 Å². The second-order valence-corrected chi connectivity index (χ2v) is 9.92. The molecule has 0 radical (unpaired) electrons. The summed E-state index contributed by atoms with van der Waals surface area (Å²) >= 11 is 0. The van der Waals surface area contributed by atoms with Crippen molar-refractivity contribution in [2.45, 2.75) is 105 Å². The van der Waals surface area contributed by atoms with Crippen LogP contribution in [0.5, 0.6) is 0 Å². The molecule has 0 aromatic carbocycles. The van der Waals surface area contributed by atoms with Gasteiger partial charge >= 0.3 is 0 Å². The van der Waals surface area contributed by atoms with Crippen LogP contribution >= 0.6 is 0 Å². The van der Waals surface area contributed by atoms with Crippen LogP contribution in [-0.2, 0) is 4.79 Å². The molecule has 1 saturated carbocycles. The quantitative estimate of drug-likeness (QED) is 0.760. The Kier molecular flexibility index (Phi) is 5.81. The second-order valence-electron chi connectivity index (χ2n) is 9.92. The smallest absolute Gasteiger partial charge is 0.223 e. The lowest BCUT2D eigenvalue weighted by atomic mass is 9.74. The molecule has 3 heteroatoms. The first-order valence-electron chi connectivity index (χ1n) is 9.57. The minimum absolute atomic E-state index is 0.128. The number of rotatable bonds is 2. The summed E-state index contributed by atoms with van der Waals surface area (Å²) in [7, 11) is 0. The molecule has 1 heterocycles. The number of hydrogen-bond donors (Lipinski definition) is 1. The van der Waals surface area contributed by atoms with Crippen molar-refractivity contribution in [2.24, 2.45) is 16.7 Å². The molecule has 2 fully saturated rings.